The van der Waals surface area contributed by atoms with Crippen LogP contribution < -0.4 is 5.32 Å². The summed E-state index contributed by atoms with van der Waals surface area (Å²) >= 11 is 5.90. The Hall–Kier alpha value is -1.62. The van der Waals surface area contributed by atoms with Crippen molar-refractivity contribution in [3.05, 3.63) is 34.6 Å². The second kappa shape index (κ2) is 7.09. The van der Waals surface area contributed by atoms with Gasteiger partial charge in [-0.2, -0.15) is 0 Å². The van der Waals surface area contributed by atoms with E-state index < -0.39 is 17.8 Å². The molecule has 0 fully saturated rings. The van der Waals surface area contributed by atoms with E-state index in [1.165, 1.54) is 19.1 Å². The predicted octanol–water partition coefficient (Wildman–Crippen LogP) is 2.39. The first-order valence-electron chi connectivity index (χ1n) is 5.82. The van der Waals surface area contributed by atoms with Crippen molar-refractivity contribution in [3.8, 4) is 0 Å². The fraction of sp³-hybridized carbons (Fsp3) is 0.385. The first-order chi connectivity index (χ1) is 8.90. The lowest BCUT2D eigenvalue weighted by atomic mass is 10.0. The van der Waals surface area contributed by atoms with Crippen molar-refractivity contribution >= 4 is 23.5 Å². The quantitative estimate of drug-likeness (QED) is 0.844. The number of benzene rings is 1. The Labute approximate surface area is 115 Å². The average Bonchev–Trinajstić information content (AvgIpc) is 2.30. The number of carbonyl (C=O) groups is 2. The van der Waals surface area contributed by atoms with Crippen LogP contribution in [0.5, 0.6) is 0 Å². The third-order valence-corrected chi connectivity index (χ3v) is 2.98. The van der Waals surface area contributed by atoms with Gasteiger partial charge in [-0.15, -0.1) is 0 Å². The minimum Gasteiger partial charge on any atom is -0.481 e. The van der Waals surface area contributed by atoms with E-state index in [0.29, 0.717) is 0 Å². The van der Waals surface area contributed by atoms with E-state index in [1.54, 1.807) is 6.07 Å². The van der Waals surface area contributed by atoms with Gasteiger partial charge >= 0.3 is 5.97 Å². The predicted molar refractivity (Wildman–Crippen MR) is 69.6 cm³/mol. The molecule has 0 aliphatic carbocycles. The fourth-order valence-electron chi connectivity index (χ4n) is 1.78. The molecule has 0 aliphatic heterocycles. The van der Waals surface area contributed by atoms with Gasteiger partial charge in [0.25, 0.3) is 0 Å². The molecule has 4 nitrogen and oxygen atoms in total. The maximum atomic E-state index is 13.6. The van der Waals surface area contributed by atoms with Gasteiger partial charge in [0.15, 0.2) is 0 Å². The van der Waals surface area contributed by atoms with Gasteiger partial charge in [0.05, 0.1) is 0 Å². The van der Waals surface area contributed by atoms with Crippen LogP contribution in [0, 0.1) is 5.82 Å². The molecule has 0 spiro atoms. The number of carbonyl (C=O) groups excluding carboxylic acids is 1. The first-order valence-corrected chi connectivity index (χ1v) is 6.19. The smallest absolute Gasteiger partial charge is 0.303 e. The molecule has 1 rings (SSSR count). The molecule has 2 N–H and O–H groups in total. The average molecular weight is 288 g/mol. The highest BCUT2D eigenvalue weighted by atomic mass is 35.5. The van der Waals surface area contributed by atoms with Crippen LogP contribution in [0.15, 0.2) is 18.2 Å². The monoisotopic (exact) mass is 287 g/mol. The normalized spacial score (nSPS) is 11.9. The summed E-state index contributed by atoms with van der Waals surface area (Å²) in [7, 11) is 0. The van der Waals surface area contributed by atoms with Crippen LogP contribution in [0.25, 0.3) is 0 Å². The summed E-state index contributed by atoms with van der Waals surface area (Å²) in [6.45, 7) is 1.33. The molecular formula is C13H15ClFNO3. The largest absolute Gasteiger partial charge is 0.481 e. The van der Waals surface area contributed by atoms with Crippen molar-refractivity contribution in [2.45, 2.75) is 32.2 Å². The van der Waals surface area contributed by atoms with Gasteiger partial charge in [0, 0.05) is 30.0 Å². The molecule has 0 saturated carbocycles. The molecule has 0 heterocycles. The van der Waals surface area contributed by atoms with Crippen LogP contribution >= 0.6 is 11.6 Å². The molecule has 1 amide bonds. The van der Waals surface area contributed by atoms with Crippen molar-refractivity contribution in [1.82, 2.24) is 5.32 Å². The zero-order chi connectivity index (χ0) is 14.4. The highest BCUT2D eigenvalue weighted by Gasteiger charge is 2.17. The molecule has 6 heteroatoms. The molecule has 19 heavy (non-hydrogen) atoms. The standard InChI is InChI=1S/C13H15ClFNO3/c1-8(17)16-9(5-6-13(18)19)7-10-11(14)3-2-4-12(10)15/h2-4,9H,5-7H2,1H3,(H,16,17)(H,18,19). The van der Waals surface area contributed by atoms with Crippen molar-refractivity contribution in [1.29, 1.82) is 0 Å². The summed E-state index contributed by atoms with van der Waals surface area (Å²) < 4.78 is 13.6. The van der Waals surface area contributed by atoms with Crippen LogP contribution in [-0.4, -0.2) is 23.0 Å². The Morgan fingerprint density at radius 3 is 2.68 bits per heavy atom. The molecule has 1 aromatic rings. The number of hydrogen-bond acceptors (Lipinski definition) is 2. The Morgan fingerprint density at radius 2 is 2.16 bits per heavy atom. The molecule has 1 aromatic carbocycles. The minimum atomic E-state index is -0.963. The summed E-state index contributed by atoms with van der Waals surface area (Å²) in [5.74, 6) is -1.71. The molecule has 0 aliphatic rings. The third kappa shape index (κ3) is 5.26. The number of carboxylic acid groups (broad SMARTS) is 1. The van der Waals surface area contributed by atoms with Crippen LogP contribution in [0.4, 0.5) is 4.39 Å². The van der Waals surface area contributed by atoms with Crippen molar-refractivity contribution < 1.29 is 19.1 Å². The molecular weight excluding hydrogens is 273 g/mol. The van der Waals surface area contributed by atoms with Gasteiger partial charge in [0.1, 0.15) is 5.82 Å². The molecule has 1 atom stereocenters. The van der Waals surface area contributed by atoms with Gasteiger partial charge in [-0.05, 0) is 25.0 Å². The van der Waals surface area contributed by atoms with Crippen LogP contribution in [0.1, 0.15) is 25.3 Å². The fourth-order valence-corrected chi connectivity index (χ4v) is 2.02. The van der Waals surface area contributed by atoms with Crippen LogP contribution in [0.2, 0.25) is 5.02 Å². The van der Waals surface area contributed by atoms with Crippen LogP contribution in [0.3, 0.4) is 0 Å². The van der Waals surface area contributed by atoms with Gasteiger partial charge in [-0.1, -0.05) is 17.7 Å². The Balaban J connectivity index is 2.81. The van der Waals surface area contributed by atoms with Gasteiger partial charge in [-0.25, -0.2) is 4.39 Å². The van der Waals surface area contributed by atoms with Gasteiger partial charge in [0.2, 0.25) is 5.91 Å². The molecule has 0 saturated heterocycles. The van der Waals surface area contributed by atoms with Crippen molar-refractivity contribution in [2.24, 2.45) is 0 Å². The van der Waals surface area contributed by atoms with E-state index >= 15 is 0 Å². The number of hydrogen-bond donors (Lipinski definition) is 2. The number of halogens is 2. The lowest BCUT2D eigenvalue weighted by molar-refractivity contribution is -0.137. The second-order valence-corrected chi connectivity index (χ2v) is 4.64. The lowest BCUT2D eigenvalue weighted by Crippen LogP contribution is -2.35. The number of carboxylic acids is 1. The van der Waals surface area contributed by atoms with Crippen LogP contribution in [-0.2, 0) is 16.0 Å². The second-order valence-electron chi connectivity index (χ2n) is 4.23. The zero-order valence-corrected chi connectivity index (χ0v) is 11.2. The number of aliphatic carboxylic acids is 1. The first kappa shape index (κ1) is 15.4. The number of rotatable bonds is 6. The minimum absolute atomic E-state index is 0.100. The molecule has 0 bridgehead atoms. The van der Waals surface area contributed by atoms with E-state index in [0.717, 1.165) is 0 Å². The van der Waals surface area contributed by atoms with Crippen molar-refractivity contribution in [3.63, 3.8) is 0 Å². The Morgan fingerprint density at radius 1 is 1.47 bits per heavy atom. The topological polar surface area (TPSA) is 66.4 Å². The van der Waals surface area contributed by atoms with E-state index in [2.05, 4.69) is 5.32 Å². The SMILES string of the molecule is CC(=O)NC(CCC(=O)O)Cc1c(F)cccc1Cl. The molecule has 0 radical (unpaired) electrons. The maximum absolute atomic E-state index is 13.6. The maximum Gasteiger partial charge on any atom is 0.303 e. The number of amides is 1. The molecule has 0 aromatic heterocycles. The number of nitrogens with one attached hydrogen (secondary N) is 1. The Bertz CT molecular complexity index is 459. The van der Waals surface area contributed by atoms with E-state index in [1.807, 2.05) is 0 Å². The van der Waals surface area contributed by atoms with E-state index in [4.69, 9.17) is 16.7 Å². The summed E-state index contributed by atoms with van der Waals surface area (Å²) in [4.78, 5) is 21.6. The summed E-state index contributed by atoms with van der Waals surface area (Å²) in [5, 5.41) is 11.5. The van der Waals surface area contributed by atoms with E-state index in [9.17, 15) is 14.0 Å². The lowest BCUT2D eigenvalue weighted by Gasteiger charge is -2.18. The summed E-state index contributed by atoms with van der Waals surface area (Å²) in [6.07, 6.45) is 0.287. The summed E-state index contributed by atoms with van der Waals surface area (Å²) in [6, 6.07) is 3.87. The molecule has 104 valence electrons. The van der Waals surface area contributed by atoms with E-state index in [-0.39, 0.29) is 35.8 Å². The van der Waals surface area contributed by atoms with Crippen molar-refractivity contribution in [2.75, 3.05) is 0 Å². The van der Waals surface area contributed by atoms with Gasteiger partial charge in [-0.3, -0.25) is 9.59 Å². The zero-order valence-electron chi connectivity index (χ0n) is 10.5. The highest BCUT2D eigenvalue weighted by molar-refractivity contribution is 6.31. The summed E-state index contributed by atoms with van der Waals surface area (Å²) in [5.41, 5.74) is 0.285. The third-order valence-electron chi connectivity index (χ3n) is 2.63. The highest BCUT2D eigenvalue weighted by Crippen LogP contribution is 2.21. The van der Waals surface area contributed by atoms with Gasteiger partial charge < -0.3 is 10.4 Å². The molecule has 1 unspecified atom stereocenters. The Kier molecular flexibility index (Phi) is 5.76.